The quantitative estimate of drug-likeness (QED) is 0.643. The molecule has 2 N–H and O–H groups in total. The molecule has 0 spiro atoms. The number of amides is 1. The number of carbonyl (C=O) groups is 1. The third-order valence-corrected chi connectivity index (χ3v) is 3.37. The lowest BCUT2D eigenvalue weighted by molar-refractivity contribution is -0.384. The lowest BCUT2D eigenvalue weighted by Crippen LogP contribution is -2.13. The van der Waals surface area contributed by atoms with Crippen molar-refractivity contribution in [3.8, 4) is 5.75 Å². The molecule has 0 aliphatic rings. The van der Waals surface area contributed by atoms with Crippen LogP contribution in [0, 0.1) is 10.1 Å². The van der Waals surface area contributed by atoms with Crippen LogP contribution in [0.5, 0.6) is 5.75 Å². The van der Waals surface area contributed by atoms with Gasteiger partial charge in [0.05, 0.1) is 17.7 Å². The fourth-order valence-electron chi connectivity index (χ4n) is 2.01. The van der Waals surface area contributed by atoms with Gasteiger partial charge < -0.3 is 15.4 Å². The molecule has 0 saturated heterocycles. The minimum absolute atomic E-state index is 0.151. The molecule has 0 fully saturated rings. The van der Waals surface area contributed by atoms with Crippen LogP contribution in [0.1, 0.15) is 10.4 Å². The highest BCUT2D eigenvalue weighted by Crippen LogP contribution is 2.29. The van der Waals surface area contributed by atoms with Crippen molar-refractivity contribution in [2.75, 3.05) is 24.8 Å². The summed E-state index contributed by atoms with van der Waals surface area (Å²) in [5.74, 6) is -0.0691. The van der Waals surface area contributed by atoms with Gasteiger partial charge in [0.15, 0.2) is 0 Å². The van der Waals surface area contributed by atoms with Crippen molar-refractivity contribution < 1.29 is 14.5 Å². The van der Waals surface area contributed by atoms with Gasteiger partial charge in [0, 0.05) is 23.7 Å². The molecule has 2 aromatic rings. The first kappa shape index (κ1) is 16.6. The third kappa shape index (κ3) is 3.70. The number of halogens is 1. The van der Waals surface area contributed by atoms with Crippen LogP contribution in [-0.2, 0) is 0 Å². The van der Waals surface area contributed by atoms with Crippen molar-refractivity contribution in [3.05, 3.63) is 57.1 Å². The maximum Gasteiger partial charge on any atom is 0.293 e. The van der Waals surface area contributed by atoms with Crippen LogP contribution in [0.15, 0.2) is 36.4 Å². The number of carbonyl (C=O) groups excluding carboxylic acids is 1. The zero-order valence-corrected chi connectivity index (χ0v) is 13.2. The van der Waals surface area contributed by atoms with Crippen molar-refractivity contribution in [1.29, 1.82) is 0 Å². The fourth-order valence-corrected chi connectivity index (χ4v) is 2.18. The summed E-state index contributed by atoms with van der Waals surface area (Å²) in [5.41, 5.74) is 0.674. The van der Waals surface area contributed by atoms with Crippen LogP contribution in [0.3, 0.4) is 0 Å². The second kappa shape index (κ2) is 6.97. The van der Waals surface area contributed by atoms with Gasteiger partial charge in [0.25, 0.3) is 11.6 Å². The number of nitro groups is 1. The number of nitrogens with one attached hydrogen (secondary N) is 2. The first-order valence-electron chi connectivity index (χ1n) is 6.57. The number of rotatable bonds is 5. The van der Waals surface area contributed by atoms with Gasteiger partial charge in [-0.3, -0.25) is 14.9 Å². The Morgan fingerprint density at radius 2 is 1.96 bits per heavy atom. The fraction of sp³-hybridized carbons (Fsp3) is 0.133. The van der Waals surface area contributed by atoms with E-state index in [-0.39, 0.29) is 11.3 Å². The Kier molecular flexibility index (Phi) is 5.02. The minimum atomic E-state index is -0.553. The van der Waals surface area contributed by atoms with Gasteiger partial charge in [0.1, 0.15) is 11.4 Å². The number of hydrogen-bond donors (Lipinski definition) is 2. The lowest BCUT2D eigenvalue weighted by atomic mass is 10.1. The molecule has 0 aliphatic heterocycles. The maximum atomic E-state index is 12.3. The number of benzene rings is 2. The Morgan fingerprint density at radius 3 is 2.57 bits per heavy atom. The highest BCUT2D eigenvalue weighted by Gasteiger charge is 2.17. The molecule has 0 heterocycles. The molecule has 120 valence electrons. The van der Waals surface area contributed by atoms with Crippen molar-refractivity contribution in [3.63, 3.8) is 0 Å². The third-order valence-electron chi connectivity index (χ3n) is 3.14. The average molecular weight is 336 g/mol. The van der Waals surface area contributed by atoms with Crippen molar-refractivity contribution >= 4 is 34.6 Å². The molecule has 0 radical (unpaired) electrons. The molecular weight excluding hydrogens is 322 g/mol. The Balaban J connectivity index is 2.33. The van der Waals surface area contributed by atoms with Crippen LogP contribution < -0.4 is 15.4 Å². The monoisotopic (exact) mass is 335 g/mol. The van der Waals surface area contributed by atoms with Gasteiger partial charge in [-0.05, 0) is 30.3 Å². The lowest BCUT2D eigenvalue weighted by Gasteiger charge is -2.11. The molecular formula is C15H14ClN3O4. The van der Waals surface area contributed by atoms with E-state index in [1.807, 2.05) is 0 Å². The molecule has 2 aromatic carbocycles. The second-order valence-corrected chi connectivity index (χ2v) is 4.97. The molecule has 0 saturated carbocycles. The molecule has 0 aliphatic carbocycles. The summed E-state index contributed by atoms with van der Waals surface area (Å²) < 4.78 is 5.14. The van der Waals surface area contributed by atoms with Crippen LogP contribution in [0.2, 0.25) is 5.02 Å². The van der Waals surface area contributed by atoms with E-state index in [4.69, 9.17) is 16.3 Å². The summed E-state index contributed by atoms with van der Waals surface area (Å²) in [4.78, 5) is 22.8. The van der Waals surface area contributed by atoms with Crippen molar-refractivity contribution in [2.24, 2.45) is 0 Å². The maximum absolute atomic E-state index is 12.3. The van der Waals surface area contributed by atoms with Gasteiger partial charge in [-0.15, -0.1) is 0 Å². The number of hydrogen-bond acceptors (Lipinski definition) is 5. The molecule has 8 heteroatoms. The summed E-state index contributed by atoms with van der Waals surface area (Å²) in [6.45, 7) is 0. The number of methoxy groups -OCH3 is 1. The van der Waals surface area contributed by atoms with Gasteiger partial charge >= 0.3 is 0 Å². The first-order valence-corrected chi connectivity index (χ1v) is 6.95. The number of ether oxygens (including phenoxy) is 1. The van der Waals surface area contributed by atoms with E-state index < -0.39 is 10.8 Å². The van der Waals surface area contributed by atoms with E-state index in [0.29, 0.717) is 22.1 Å². The number of nitro benzene ring substituents is 1. The van der Waals surface area contributed by atoms with E-state index in [1.54, 1.807) is 19.2 Å². The average Bonchev–Trinajstić information content (AvgIpc) is 2.54. The smallest absolute Gasteiger partial charge is 0.293 e. The summed E-state index contributed by atoms with van der Waals surface area (Å²) in [6.07, 6.45) is 0. The molecule has 0 bridgehead atoms. The molecule has 0 atom stereocenters. The zero-order chi connectivity index (χ0) is 17.0. The Bertz CT molecular complexity index is 764. The molecule has 2 rings (SSSR count). The number of nitrogens with zero attached hydrogens (tertiary/aromatic N) is 1. The van der Waals surface area contributed by atoms with Gasteiger partial charge in [-0.1, -0.05) is 11.6 Å². The largest absolute Gasteiger partial charge is 0.495 e. The topological polar surface area (TPSA) is 93.5 Å². The Hall–Kier alpha value is -2.80. The van der Waals surface area contributed by atoms with Crippen LogP contribution in [-0.4, -0.2) is 25.0 Å². The Labute approximate surface area is 137 Å². The van der Waals surface area contributed by atoms with E-state index in [0.717, 1.165) is 0 Å². The van der Waals surface area contributed by atoms with E-state index in [2.05, 4.69) is 10.6 Å². The Morgan fingerprint density at radius 1 is 1.22 bits per heavy atom. The van der Waals surface area contributed by atoms with Crippen LogP contribution in [0.4, 0.5) is 17.1 Å². The molecule has 7 nitrogen and oxygen atoms in total. The summed E-state index contributed by atoms with van der Waals surface area (Å²) in [7, 11) is 3.03. The van der Waals surface area contributed by atoms with Crippen molar-refractivity contribution in [2.45, 2.75) is 0 Å². The molecule has 23 heavy (non-hydrogen) atoms. The van der Waals surface area contributed by atoms with E-state index in [9.17, 15) is 14.9 Å². The number of anilines is 2. The van der Waals surface area contributed by atoms with E-state index in [1.165, 1.54) is 31.4 Å². The van der Waals surface area contributed by atoms with Crippen molar-refractivity contribution in [1.82, 2.24) is 0 Å². The van der Waals surface area contributed by atoms with Gasteiger partial charge in [-0.2, -0.15) is 0 Å². The summed E-state index contributed by atoms with van der Waals surface area (Å²) in [5, 5.41) is 16.8. The highest BCUT2D eigenvalue weighted by atomic mass is 35.5. The molecule has 0 unspecified atom stereocenters. The SMILES string of the molecule is CNc1ccc(C(=O)Nc2cc(Cl)ccc2OC)cc1[N+](=O)[O-]. The van der Waals surface area contributed by atoms with E-state index >= 15 is 0 Å². The second-order valence-electron chi connectivity index (χ2n) is 4.54. The van der Waals surface area contributed by atoms with Crippen LogP contribution >= 0.6 is 11.6 Å². The summed E-state index contributed by atoms with van der Waals surface area (Å²) >= 11 is 5.91. The molecule has 1 amide bonds. The van der Waals surface area contributed by atoms with Gasteiger partial charge in [-0.25, -0.2) is 0 Å². The summed E-state index contributed by atoms with van der Waals surface area (Å²) in [6, 6.07) is 8.95. The molecule has 0 aromatic heterocycles. The minimum Gasteiger partial charge on any atom is -0.495 e. The predicted octanol–water partition coefficient (Wildman–Crippen LogP) is 3.55. The zero-order valence-electron chi connectivity index (χ0n) is 12.4. The highest BCUT2D eigenvalue weighted by molar-refractivity contribution is 6.31. The first-order chi connectivity index (χ1) is 11.0. The normalized spacial score (nSPS) is 10.0. The predicted molar refractivity (Wildman–Crippen MR) is 88.6 cm³/mol. The van der Waals surface area contributed by atoms with Gasteiger partial charge in [0.2, 0.25) is 0 Å². The van der Waals surface area contributed by atoms with Crippen LogP contribution in [0.25, 0.3) is 0 Å². The standard InChI is InChI=1S/C15H14ClN3O4/c1-17-11-5-3-9(7-13(11)19(21)22)15(20)18-12-8-10(16)4-6-14(12)23-2/h3-8,17H,1-2H3,(H,18,20).